The quantitative estimate of drug-likeness (QED) is 0.408. The van der Waals surface area contributed by atoms with E-state index < -0.39 is 6.10 Å². The lowest BCUT2D eigenvalue weighted by atomic mass is 10.1. The molecule has 0 spiro atoms. The van der Waals surface area contributed by atoms with Crippen LogP contribution in [0.2, 0.25) is 0 Å². The Balaban J connectivity index is 2.15. The van der Waals surface area contributed by atoms with Crippen LogP contribution in [0, 0.1) is 11.8 Å². The molecule has 2 heteroatoms. The summed E-state index contributed by atoms with van der Waals surface area (Å²) in [6, 6.07) is 0. The average molecular weight is 182 g/mol. The maximum atomic E-state index is 9.51. The summed E-state index contributed by atoms with van der Waals surface area (Å²) in [5, 5.41) is 9.51. The third-order valence-corrected chi connectivity index (χ3v) is 2.32. The fraction of sp³-hybridized carbons (Fsp3) is 0.818. The van der Waals surface area contributed by atoms with Gasteiger partial charge in [-0.3, -0.25) is 0 Å². The zero-order chi connectivity index (χ0) is 9.73. The van der Waals surface area contributed by atoms with Gasteiger partial charge in [-0.05, 0) is 13.3 Å². The molecule has 1 rings (SSSR count). The molecule has 1 heterocycles. The molecule has 13 heavy (non-hydrogen) atoms. The molecule has 0 aliphatic carbocycles. The topological polar surface area (TPSA) is 32.8 Å². The van der Waals surface area contributed by atoms with Crippen molar-refractivity contribution < 1.29 is 9.84 Å². The van der Waals surface area contributed by atoms with Crippen molar-refractivity contribution in [3.8, 4) is 11.8 Å². The smallest absolute Gasteiger partial charge is 0.145 e. The van der Waals surface area contributed by atoms with E-state index in [2.05, 4.69) is 18.8 Å². The van der Waals surface area contributed by atoms with Gasteiger partial charge < -0.3 is 9.84 Å². The number of hydrogen-bond donors (Lipinski definition) is 1. The molecular formula is C11H18O2. The van der Waals surface area contributed by atoms with Crippen LogP contribution in [0.4, 0.5) is 0 Å². The molecule has 1 aliphatic rings. The van der Waals surface area contributed by atoms with Crippen LogP contribution in [-0.2, 0) is 4.74 Å². The summed E-state index contributed by atoms with van der Waals surface area (Å²) in [5.74, 6) is 5.81. The molecule has 1 N–H and O–H groups in total. The molecule has 0 aromatic heterocycles. The van der Waals surface area contributed by atoms with Gasteiger partial charge in [0.2, 0.25) is 0 Å². The summed E-state index contributed by atoms with van der Waals surface area (Å²) in [4.78, 5) is 0. The molecule has 0 radical (unpaired) electrons. The molecule has 0 saturated carbocycles. The van der Waals surface area contributed by atoms with Gasteiger partial charge in [0, 0.05) is 6.42 Å². The van der Waals surface area contributed by atoms with Gasteiger partial charge in [0.1, 0.15) is 11.7 Å². The number of aliphatic hydroxyl groups is 1. The Labute approximate surface area is 80.3 Å². The fourth-order valence-electron chi connectivity index (χ4n) is 1.06. The number of unbranched alkanes of at least 4 members (excludes halogenated alkanes) is 3. The van der Waals surface area contributed by atoms with Crippen LogP contribution >= 0.6 is 0 Å². The number of aliphatic hydroxyl groups excluding tert-OH is 1. The van der Waals surface area contributed by atoms with Crippen molar-refractivity contribution in [2.24, 2.45) is 0 Å². The molecule has 74 valence electrons. The van der Waals surface area contributed by atoms with Crippen LogP contribution in [0.15, 0.2) is 0 Å². The van der Waals surface area contributed by atoms with Crippen molar-refractivity contribution in [2.45, 2.75) is 51.2 Å². The van der Waals surface area contributed by atoms with Gasteiger partial charge in [0.25, 0.3) is 0 Å². The molecule has 1 unspecified atom stereocenters. The SMILES string of the molecule is CCCCCC#C[C@H](O)C1(C)CO1. The largest absolute Gasteiger partial charge is 0.377 e. The first-order chi connectivity index (χ1) is 6.19. The Morgan fingerprint density at radius 3 is 2.77 bits per heavy atom. The number of hydrogen-bond acceptors (Lipinski definition) is 2. The number of ether oxygens (including phenoxy) is 1. The Morgan fingerprint density at radius 1 is 1.54 bits per heavy atom. The molecule has 0 bridgehead atoms. The van der Waals surface area contributed by atoms with E-state index in [4.69, 9.17) is 4.74 Å². The minimum absolute atomic E-state index is 0.363. The second-order valence-corrected chi connectivity index (χ2v) is 3.78. The van der Waals surface area contributed by atoms with Gasteiger partial charge in [-0.25, -0.2) is 0 Å². The molecule has 0 aromatic carbocycles. The highest BCUT2D eigenvalue weighted by atomic mass is 16.6. The first-order valence-electron chi connectivity index (χ1n) is 4.99. The molecule has 1 aliphatic heterocycles. The van der Waals surface area contributed by atoms with Crippen molar-refractivity contribution in [2.75, 3.05) is 6.61 Å². The molecule has 1 saturated heterocycles. The maximum Gasteiger partial charge on any atom is 0.145 e. The maximum absolute atomic E-state index is 9.51. The van der Waals surface area contributed by atoms with Crippen LogP contribution in [0.1, 0.15) is 39.5 Å². The Kier molecular flexibility index (Phi) is 3.77. The summed E-state index contributed by atoms with van der Waals surface area (Å²) in [7, 11) is 0. The van der Waals surface area contributed by atoms with Crippen molar-refractivity contribution in [1.29, 1.82) is 0 Å². The second kappa shape index (κ2) is 4.64. The van der Waals surface area contributed by atoms with Crippen LogP contribution in [0.25, 0.3) is 0 Å². The van der Waals surface area contributed by atoms with Gasteiger partial charge in [-0.2, -0.15) is 0 Å². The van der Waals surface area contributed by atoms with E-state index in [0.29, 0.717) is 6.61 Å². The van der Waals surface area contributed by atoms with E-state index in [1.165, 1.54) is 12.8 Å². The lowest BCUT2D eigenvalue weighted by molar-refractivity contribution is 0.131. The summed E-state index contributed by atoms with van der Waals surface area (Å²) in [5.41, 5.74) is -0.363. The minimum Gasteiger partial charge on any atom is -0.377 e. The molecular weight excluding hydrogens is 164 g/mol. The standard InChI is InChI=1S/C11H18O2/c1-3-4-5-6-7-8-10(12)11(2)9-13-11/h10,12H,3-6,9H2,1-2H3/t10-,11?/m0/s1. The highest BCUT2D eigenvalue weighted by Crippen LogP contribution is 2.29. The predicted molar refractivity (Wildman–Crippen MR) is 52.3 cm³/mol. The third-order valence-electron chi connectivity index (χ3n) is 2.32. The van der Waals surface area contributed by atoms with Crippen LogP contribution in [-0.4, -0.2) is 23.4 Å². The second-order valence-electron chi connectivity index (χ2n) is 3.78. The van der Waals surface area contributed by atoms with Crippen molar-refractivity contribution in [3.05, 3.63) is 0 Å². The fourth-order valence-corrected chi connectivity index (χ4v) is 1.06. The lowest BCUT2D eigenvalue weighted by Gasteiger charge is -2.05. The number of epoxide rings is 1. The highest BCUT2D eigenvalue weighted by Gasteiger charge is 2.45. The van der Waals surface area contributed by atoms with Crippen LogP contribution < -0.4 is 0 Å². The van der Waals surface area contributed by atoms with Crippen molar-refractivity contribution >= 4 is 0 Å². The number of rotatable bonds is 4. The van der Waals surface area contributed by atoms with E-state index in [1.54, 1.807) is 0 Å². The Bertz CT molecular complexity index is 208. The predicted octanol–water partition coefficient (Wildman–Crippen LogP) is 1.72. The first-order valence-corrected chi connectivity index (χ1v) is 4.99. The lowest BCUT2D eigenvalue weighted by Crippen LogP contribution is -2.24. The molecule has 2 nitrogen and oxygen atoms in total. The zero-order valence-electron chi connectivity index (χ0n) is 8.47. The van der Waals surface area contributed by atoms with Gasteiger partial charge in [-0.15, -0.1) is 5.92 Å². The summed E-state index contributed by atoms with van der Waals surface area (Å²) in [6.07, 6.45) is 3.85. The first kappa shape index (κ1) is 10.6. The Hall–Kier alpha value is -0.520. The zero-order valence-corrected chi connectivity index (χ0v) is 8.47. The van der Waals surface area contributed by atoms with Crippen LogP contribution in [0.3, 0.4) is 0 Å². The van der Waals surface area contributed by atoms with Gasteiger partial charge in [0.15, 0.2) is 0 Å². The van der Waals surface area contributed by atoms with E-state index in [-0.39, 0.29) is 5.60 Å². The van der Waals surface area contributed by atoms with E-state index in [0.717, 1.165) is 12.8 Å². The third kappa shape index (κ3) is 3.38. The monoisotopic (exact) mass is 182 g/mol. The van der Waals surface area contributed by atoms with Gasteiger partial charge >= 0.3 is 0 Å². The molecule has 1 fully saturated rings. The minimum atomic E-state index is -0.603. The van der Waals surface area contributed by atoms with E-state index in [9.17, 15) is 5.11 Å². The molecule has 0 aromatic rings. The normalized spacial score (nSPS) is 27.6. The average Bonchev–Trinajstić information content (AvgIpc) is 2.84. The highest BCUT2D eigenvalue weighted by molar-refractivity contribution is 5.14. The van der Waals surface area contributed by atoms with Crippen LogP contribution in [0.5, 0.6) is 0 Å². The van der Waals surface area contributed by atoms with E-state index >= 15 is 0 Å². The van der Waals surface area contributed by atoms with Crippen molar-refractivity contribution in [1.82, 2.24) is 0 Å². The van der Waals surface area contributed by atoms with Gasteiger partial charge in [0.05, 0.1) is 6.61 Å². The molecule has 2 atom stereocenters. The Morgan fingerprint density at radius 2 is 2.23 bits per heavy atom. The van der Waals surface area contributed by atoms with Crippen molar-refractivity contribution in [3.63, 3.8) is 0 Å². The summed E-state index contributed by atoms with van der Waals surface area (Å²) < 4.78 is 5.08. The molecule has 0 amide bonds. The van der Waals surface area contributed by atoms with E-state index in [1.807, 2.05) is 6.92 Å². The summed E-state index contributed by atoms with van der Waals surface area (Å²) >= 11 is 0. The van der Waals surface area contributed by atoms with Gasteiger partial charge in [-0.1, -0.05) is 25.7 Å². The summed E-state index contributed by atoms with van der Waals surface area (Å²) in [6.45, 7) is 4.69.